The number of anilines is 3. The number of methoxy groups -OCH3 is 1. The number of aryl methyl sites for hydroxylation is 1. The lowest BCUT2D eigenvalue weighted by Gasteiger charge is -2.14. The molecule has 28 heavy (non-hydrogen) atoms. The molecule has 1 heterocycles. The fourth-order valence-corrected chi connectivity index (χ4v) is 2.59. The average molecular weight is 390 g/mol. The van der Waals surface area contributed by atoms with Crippen LogP contribution in [0.5, 0.6) is 5.75 Å². The zero-order chi connectivity index (χ0) is 20.3. The van der Waals surface area contributed by atoms with Crippen molar-refractivity contribution in [1.29, 1.82) is 0 Å². The molecule has 0 aliphatic carbocycles. The van der Waals surface area contributed by atoms with Gasteiger partial charge in [0.1, 0.15) is 11.6 Å². The van der Waals surface area contributed by atoms with Gasteiger partial charge < -0.3 is 15.4 Å². The molecule has 0 atom stereocenters. The summed E-state index contributed by atoms with van der Waals surface area (Å²) in [6.45, 7) is 0. The smallest absolute Gasteiger partial charge is 0.435 e. The fourth-order valence-electron chi connectivity index (χ4n) is 2.59. The summed E-state index contributed by atoms with van der Waals surface area (Å²) in [5.74, 6) is -0.0571. The third kappa shape index (κ3) is 4.08. The summed E-state index contributed by atoms with van der Waals surface area (Å²) in [7, 11) is 2.85. The van der Waals surface area contributed by atoms with E-state index in [1.807, 2.05) is 12.1 Å². The number of rotatable bonds is 5. The molecule has 2 N–H and O–H groups in total. The van der Waals surface area contributed by atoms with E-state index in [0.717, 1.165) is 10.7 Å². The van der Waals surface area contributed by atoms with Crippen molar-refractivity contribution in [1.82, 2.24) is 9.78 Å². The molecule has 0 aliphatic rings. The van der Waals surface area contributed by atoms with Crippen molar-refractivity contribution in [3.8, 4) is 5.75 Å². The van der Waals surface area contributed by atoms with Gasteiger partial charge in [-0.1, -0.05) is 24.3 Å². The molecule has 0 saturated heterocycles. The van der Waals surface area contributed by atoms with Crippen LogP contribution in [-0.2, 0) is 13.2 Å². The van der Waals surface area contributed by atoms with E-state index < -0.39 is 17.8 Å². The Kier molecular flexibility index (Phi) is 5.25. The molecule has 0 unspecified atom stereocenters. The van der Waals surface area contributed by atoms with Crippen LogP contribution in [0.25, 0.3) is 0 Å². The largest absolute Gasteiger partial charge is 0.495 e. The lowest BCUT2D eigenvalue weighted by Crippen LogP contribution is -2.16. The summed E-state index contributed by atoms with van der Waals surface area (Å²) in [5.41, 5.74) is 0.293. The van der Waals surface area contributed by atoms with Crippen LogP contribution in [0.3, 0.4) is 0 Å². The first kappa shape index (κ1) is 19.3. The van der Waals surface area contributed by atoms with Crippen LogP contribution in [0.2, 0.25) is 0 Å². The minimum Gasteiger partial charge on any atom is -0.495 e. The summed E-state index contributed by atoms with van der Waals surface area (Å²) in [5, 5.41) is 8.96. The van der Waals surface area contributed by atoms with Gasteiger partial charge in [-0.15, -0.1) is 0 Å². The van der Waals surface area contributed by atoms with Crippen LogP contribution in [-0.4, -0.2) is 22.8 Å². The highest BCUT2D eigenvalue weighted by Crippen LogP contribution is 2.31. The summed E-state index contributed by atoms with van der Waals surface area (Å²) >= 11 is 0. The van der Waals surface area contributed by atoms with Gasteiger partial charge in [0, 0.05) is 13.1 Å². The molecule has 2 aromatic carbocycles. The number of ether oxygens (including phenoxy) is 1. The van der Waals surface area contributed by atoms with Gasteiger partial charge in [0.25, 0.3) is 5.91 Å². The number of aromatic nitrogens is 2. The number of hydrogen-bond donors (Lipinski definition) is 2. The zero-order valence-corrected chi connectivity index (χ0v) is 15.0. The molecule has 1 aromatic heterocycles. The number of nitrogens with one attached hydrogen (secondary N) is 2. The van der Waals surface area contributed by atoms with Gasteiger partial charge in [0.2, 0.25) is 0 Å². The van der Waals surface area contributed by atoms with Crippen molar-refractivity contribution in [2.75, 3.05) is 17.7 Å². The highest BCUT2D eigenvalue weighted by Gasteiger charge is 2.34. The first-order valence-corrected chi connectivity index (χ1v) is 8.21. The zero-order valence-electron chi connectivity index (χ0n) is 15.0. The Morgan fingerprint density at radius 1 is 1.07 bits per heavy atom. The van der Waals surface area contributed by atoms with E-state index in [0.29, 0.717) is 17.1 Å². The van der Waals surface area contributed by atoms with Crippen molar-refractivity contribution < 1.29 is 22.7 Å². The maximum atomic E-state index is 12.8. The van der Waals surface area contributed by atoms with Crippen molar-refractivity contribution in [3.05, 3.63) is 65.9 Å². The van der Waals surface area contributed by atoms with Crippen LogP contribution in [0.4, 0.5) is 30.4 Å². The molecule has 6 nitrogen and oxygen atoms in total. The van der Waals surface area contributed by atoms with Gasteiger partial charge in [-0.25, -0.2) is 0 Å². The molecule has 3 aromatic rings. The Labute approximate surface area is 158 Å². The Bertz CT molecular complexity index is 999. The summed E-state index contributed by atoms with van der Waals surface area (Å²) in [6.07, 6.45) is -4.59. The Morgan fingerprint density at radius 3 is 2.36 bits per heavy atom. The summed E-state index contributed by atoms with van der Waals surface area (Å²) < 4.78 is 44.7. The second-order valence-electron chi connectivity index (χ2n) is 5.86. The number of nitrogens with zero attached hydrogens (tertiary/aromatic N) is 2. The fraction of sp³-hybridized carbons (Fsp3) is 0.158. The quantitative estimate of drug-likeness (QED) is 0.676. The van der Waals surface area contributed by atoms with E-state index in [9.17, 15) is 18.0 Å². The number of halogens is 3. The van der Waals surface area contributed by atoms with Crippen LogP contribution >= 0.6 is 0 Å². The number of hydrogen-bond acceptors (Lipinski definition) is 4. The van der Waals surface area contributed by atoms with E-state index in [-0.39, 0.29) is 11.4 Å². The highest BCUT2D eigenvalue weighted by atomic mass is 19.4. The standard InChI is InChI=1S/C19H17F3N4O2/c1-26-17(11-16(25-26)19(20,21)22)24-18(27)12-7-3-4-8-13(12)23-14-9-5-6-10-15(14)28-2/h3-11,23H,1-2H3,(H,24,27). The lowest BCUT2D eigenvalue weighted by molar-refractivity contribution is -0.141. The van der Waals surface area contributed by atoms with Crippen molar-refractivity contribution in [2.45, 2.75) is 6.18 Å². The van der Waals surface area contributed by atoms with E-state index in [1.165, 1.54) is 14.2 Å². The van der Waals surface area contributed by atoms with E-state index in [2.05, 4.69) is 15.7 Å². The van der Waals surface area contributed by atoms with Crippen molar-refractivity contribution in [3.63, 3.8) is 0 Å². The van der Waals surface area contributed by atoms with Crippen LogP contribution < -0.4 is 15.4 Å². The topological polar surface area (TPSA) is 68.2 Å². The third-order valence-electron chi connectivity index (χ3n) is 3.96. The second-order valence-corrected chi connectivity index (χ2v) is 5.86. The molecule has 0 bridgehead atoms. The van der Waals surface area contributed by atoms with Crippen LogP contribution in [0, 0.1) is 0 Å². The van der Waals surface area contributed by atoms with Gasteiger partial charge in [-0.3, -0.25) is 9.48 Å². The first-order chi connectivity index (χ1) is 13.3. The van der Waals surface area contributed by atoms with Gasteiger partial charge in [-0.2, -0.15) is 18.3 Å². The average Bonchev–Trinajstić information content (AvgIpc) is 3.03. The maximum Gasteiger partial charge on any atom is 0.435 e. The molecule has 0 saturated carbocycles. The van der Waals surface area contributed by atoms with Gasteiger partial charge in [-0.05, 0) is 24.3 Å². The van der Waals surface area contributed by atoms with E-state index >= 15 is 0 Å². The third-order valence-corrected chi connectivity index (χ3v) is 3.96. The van der Waals surface area contributed by atoms with Gasteiger partial charge in [0.15, 0.2) is 5.69 Å². The molecule has 3 rings (SSSR count). The molecule has 0 aliphatic heterocycles. The number of alkyl halides is 3. The van der Waals surface area contributed by atoms with Gasteiger partial charge in [0.05, 0.1) is 24.0 Å². The van der Waals surface area contributed by atoms with E-state index in [1.54, 1.807) is 36.4 Å². The summed E-state index contributed by atoms with van der Waals surface area (Å²) in [4.78, 5) is 12.7. The normalized spacial score (nSPS) is 11.2. The number of benzene rings is 2. The monoisotopic (exact) mass is 390 g/mol. The predicted octanol–water partition coefficient (Wildman–Crippen LogP) is 4.44. The minimum atomic E-state index is -4.59. The number of carbonyl (C=O) groups excluding carboxylic acids is 1. The Morgan fingerprint density at radius 2 is 1.71 bits per heavy atom. The highest BCUT2D eigenvalue weighted by molar-refractivity contribution is 6.08. The lowest BCUT2D eigenvalue weighted by atomic mass is 10.1. The number of amides is 1. The molecule has 0 spiro atoms. The number of para-hydroxylation sites is 3. The SMILES string of the molecule is COc1ccccc1Nc1ccccc1C(=O)Nc1cc(C(F)(F)F)nn1C. The summed E-state index contributed by atoms with van der Waals surface area (Å²) in [6, 6.07) is 14.6. The van der Waals surface area contributed by atoms with E-state index in [4.69, 9.17) is 4.74 Å². The molecule has 0 radical (unpaired) electrons. The minimum absolute atomic E-state index is 0.0654. The molecule has 1 amide bonds. The molecule has 146 valence electrons. The van der Waals surface area contributed by atoms with Crippen LogP contribution in [0.15, 0.2) is 54.6 Å². The maximum absolute atomic E-state index is 12.8. The first-order valence-electron chi connectivity index (χ1n) is 8.21. The molecule has 9 heteroatoms. The molecular weight excluding hydrogens is 373 g/mol. The predicted molar refractivity (Wildman–Crippen MR) is 98.9 cm³/mol. The van der Waals surface area contributed by atoms with Crippen LogP contribution in [0.1, 0.15) is 16.1 Å². The molecule has 0 fully saturated rings. The molecular formula is C19H17F3N4O2. The Hall–Kier alpha value is -3.49. The number of carbonyl (C=O) groups is 1. The van der Waals surface area contributed by atoms with Crippen molar-refractivity contribution in [2.24, 2.45) is 7.05 Å². The van der Waals surface area contributed by atoms with Gasteiger partial charge >= 0.3 is 6.18 Å². The Balaban J connectivity index is 1.87. The second kappa shape index (κ2) is 7.63. The van der Waals surface area contributed by atoms with Crippen molar-refractivity contribution >= 4 is 23.1 Å².